The number of quaternary nitrogens is 1. The zero-order valence-electron chi connectivity index (χ0n) is 13.9. The van der Waals surface area contributed by atoms with Crippen LogP contribution in [0.4, 0.5) is 6.01 Å². The van der Waals surface area contributed by atoms with Gasteiger partial charge in [0.1, 0.15) is 12.1 Å². The SMILES string of the molecule is C[N+]1(Cc2ccccc2)CCN(c2nc3ccccc3o2)CC1.[Br-]. The van der Waals surface area contributed by atoms with Crippen molar-refractivity contribution in [2.45, 2.75) is 6.54 Å². The van der Waals surface area contributed by atoms with Gasteiger partial charge in [-0.05, 0) is 12.1 Å². The van der Waals surface area contributed by atoms with Crippen LogP contribution < -0.4 is 21.9 Å². The Morgan fingerprint density at radius 2 is 1.67 bits per heavy atom. The van der Waals surface area contributed by atoms with Gasteiger partial charge in [-0.3, -0.25) is 0 Å². The molecule has 0 aliphatic carbocycles. The Balaban J connectivity index is 0.00000169. The summed E-state index contributed by atoms with van der Waals surface area (Å²) < 4.78 is 6.97. The van der Waals surface area contributed by atoms with Gasteiger partial charge in [-0.15, -0.1) is 0 Å². The summed E-state index contributed by atoms with van der Waals surface area (Å²) in [5, 5.41) is 0. The first-order chi connectivity index (χ1) is 11.2. The summed E-state index contributed by atoms with van der Waals surface area (Å²) in [6.07, 6.45) is 0. The van der Waals surface area contributed by atoms with Crippen LogP contribution in [0.25, 0.3) is 11.1 Å². The van der Waals surface area contributed by atoms with Crippen LogP contribution in [0.2, 0.25) is 0 Å². The fourth-order valence-electron chi connectivity index (χ4n) is 3.32. The van der Waals surface area contributed by atoms with Crippen molar-refractivity contribution in [2.24, 2.45) is 0 Å². The molecule has 0 unspecified atom stereocenters. The van der Waals surface area contributed by atoms with Gasteiger partial charge < -0.3 is 30.8 Å². The summed E-state index contributed by atoms with van der Waals surface area (Å²) in [5.74, 6) is 0. The average Bonchev–Trinajstić information content (AvgIpc) is 3.00. The molecular formula is C19H22BrN3O. The summed E-state index contributed by atoms with van der Waals surface area (Å²) in [4.78, 5) is 6.89. The maximum absolute atomic E-state index is 5.90. The van der Waals surface area contributed by atoms with Crippen LogP contribution >= 0.6 is 0 Å². The van der Waals surface area contributed by atoms with Gasteiger partial charge in [-0.1, -0.05) is 42.5 Å². The maximum atomic E-state index is 5.90. The molecule has 1 aliphatic heterocycles. The zero-order chi connectivity index (χ0) is 15.7. The molecule has 0 bridgehead atoms. The highest BCUT2D eigenvalue weighted by molar-refractivity contribution is 5.74. The Hall–Kier alpha value is -1.85. The third-order valence-electron chi connectivity index (χ3n) is 4.78. The van der Waals surface area contributed by atoms with E-state index < -0.39 is 0 Å². The molecule has 0 saturated carbocycles. The minimum Gasteiger partial charge on any atom is -1.00 e. The molecule has 4 nitrogen and oxygen atoms in total. The average molecular weight is 388 g/mol. The summed E-state index contributed by atoms with van der Waals surface area (Å²) in [6.45, 7) is 5.26. The number of anilines is 1. The summed E-state index contributed by atoms with van der Waals surface area (Å²) >= 11 is 0. The van der Waals surface area contributed by atoms with Gasteiger partial charge in [-0.2, -0.15) is 4.98 Å². The third-order valence-corrected chi connectivity index (χ3v) is 4.78. The molecule has 3 aromatic rings. The smallest absolute Gasteiger partial charge is 0.298 e. The first-order valence-corrected chi connectivity index (χ1v) is 8.20. The van der Waals surface area contributed by atoms with Crippen LogP contribution in [-0.4, -0.2) is 42.7 Å². The molecular weight excluding hydrogens is 366 g/mol. The van der Waals surface area contributed by atoms with Crippen LogP contribution in [0.5, 0.6) is 0 Å². The van der Waals surface area contributed by atoms with Crippen molar-refractivity contribution in [3.63, 3.8) is 0 Å². The topological polar surface area (TPSA) is 29.3 Å². The van der Waals surface area contributed by atoms with E-state index in [4.69, 9.17) is 4.42 Å². The first-order valence-electron chi connectivity index (χ1n) is 8.20. The Morgan fingerprint density at radius 1 is 1.00 bits per heavy atom. The van der Waals surface area contributed by atoms with Gasteiger partial charge in [0.25, 0.3) is 6.01 Å². The molecule has 1 saturated heterocycles. The number of hydrogen-bond acceptors (Lipinski definition) is 3. The number of aromatic nitrogens is 1. The molecule has 4 rings (SSSR count). The highest BCUT2D eigenvalue weighted by Crippen LogP contribution is 2.24. The lowest BCUT2D eigenvalue weighted by molar-refractivity contribution is -0.923. The molecule has 0 spiro atoms. The van der Waals surface area contributed by atoms with Crippen molar-refractivity contribution >= 4 is 17.1 Å². The summed E-state index contributed by atoms with van der Waals surface area (Å²) in [7, 11) is 2.34. The predicted octanol–water partition coefficient (Wildman–Crippen LogP) is 0.299. The molecule has 0 amide bonds. The van der Waals surface area contributed by atoms with Crippen LogP contribution in [0.15, 0.2) is 59.0 Å². The van der Waals surface area contributed by atoms with Crippen molar-refractivity contribution in [2.75, 3.05) is 38.1 Å². The number of likely N-dealkylation sites (N-methyl/N-ethyl adjacent to an activating group) is 1. The zero-order valence-corrected chi connectivity index (χ0v) is 15.4. The largest absolute Gasteiger partial charge is 1.00 e. The number of hydrogen-bond donors (Lipinski definition) is 0. The predicted molar refractivity (Wildman–Crippen MR) is 92.3 cm³/mol. The lowest BCUT2D eigenvalue weighted by Gasteiger charge is -2.41. The van der Waals surface area contributed by atoms with E-state index in [1.54, 1.807) is 0 Å². The number of rotatable bonds is 3. The van der Waals surface area contributed by atoms with Gasteiger partial charge in [0, 0.05) is 5.56 Å². The Morgan fingerprint density at radius 3 is 2.38 bits per heavy atom. The third kappa shape index (κ3) is 3.47. The van der Waals surface area contributed by atoms with E-state index in [0.29, 0.717) is 0 Å². The van der Waals surface area contributed by atoms with E-state index in [1.807, 2.05) is 24.3 Å². The summed E-state index contributed by atoms with van der Waals surface area (Å²) in [6, 6.07) is 19.5. The number of piperazine rings is 1. The van der Waals surface area contributed by atoms with E-state index in [-0.39, 0.29) is 17.0 Å². The molecule has 0 N–H and O–H groups in total. The lowest BCUT2D eigenvalue weighted by Crippen LogP contribution is -3.00. The van der Waals surface area contributed by atoms with Crippen LogP contribution in [0.3, 0.4) is 0 Å². The second-order valence-corrected chi connectivity index (χ2v) is 6.66. The minimum absolute atomic E-state index is 0. The van der Waals surface area contributed by atoms with Crippen molar-refractivity contribution < 1.29 is 25.9 Å². The molecule has 5 heteroatoms. The Labute approximate surface area is 153 Å². The van der Waals surface area contributed by atoms with Gasteiger partial charge in [0.2, 0.25) is 0 Å². The van der Waals surface area contributed by atoms with Crippen molar-refractivity contribution in [1.29, 1.82) is 0 Å². The molecule has 2 aromatic carbocycles. The molecule has 0 radical (unpaired) electrons. The van der Waals surface area contributed by atoms with Gasteiger partial charge >= 0.3 is 0 Å². The maximum Gasteiger partial charge on any atom is 0.298 e. The van der Waals surface area contributed by atoms with E-state index in [0.717, 1.165) is 54.3 Å². The highest BCUT2D eigenvalue weighted by atomic mass is 79.9. The monoisotopic (exact) mass is 387 g/mol. The van der Waals surface area contributed by atoms with E-state index in [2.05, 4.69) is 47.3 Å². The Kier molecular flexibility index (Phi) is 4.92. The van der Waals surface area contributed by atoms with Gasteiger partial charge in [0.15, 0.2) is 5.58 Å². The van der Waals surface area contributed by atoms with Crippen LogP contribution in [0.1, 0.15) is 5.56 Å². The number of para-hydroxylation sites is 2. The summed E-state index contributed by atoms with van der Waals surface area (Å²) in [5.41, 5.74) is 3.22. The Bertz CT molecular complexity index is 761. The number of fused-ring (bicyclic) bond motifs is 1. The minimum atomic E-state index is 0. The van der Waals surface area contributed by atoms with Gasteiger partial charge in [0.05, 0.1) is 33.2 Å². The van der Waals surface area contributed by atoms with Crippen molar-refractivity contribution in [1.82, 2.24) is 4.98 Å². The van der Waals surface area contributed by atoms with E-state index >= 15 is 0 Å². The molecule has 126 valence electrons. The molecule has 1 fully saturated rings. The standard InChI is InChI=1S/C19H22N3O.BrH/c1-22(15-16-7-3-2-4-8-16)13-11-21(12-14-22)19-20-17-9-5-6-10-18(17)23-19;/h2-10H,11-15H2,1H3;1H/q+1;/p-1. The van der Waals surface area contributed by atoms with Crippen LogP contribution in [0, 0.1) is 0 Å². The number of nitrogens with zero attached hydrogens (tertiary/aromatic N) is 3. The molecule has 24 heavy (non-hydrogen) atoms. The second kappa shape index (κ2) is 6.95. The van der Waals surface area contributed by atoms with Crippen molar-refractivity contribution in [3.8, 4) is 0 Å². The quantitative estimate of drug-likeness (QED) is 0.605. The molecule has 2 heterocycles. The second-order valence-electron chi connectivity index (χ2n) is 6.66. The fourth-order valence-corrected chi connectivity index (χ4v) is 3.32. The first kappa shape index (κ1) is 17.0. The van der Waals surface area contributed by atoms with Gasteiger partial charge in [-0.25, -0.2) is 0 Å². The molecule has 0 atom stereocenters. The molecule has 1 aromatic heterocycles. The molecule has 1 aliphatic rings. The van der Waals surface area contributed by atoms with Crippen molar-refractivity contribution in [3.05, 3.63) is 60.2 Å². The number of halogens is 1. The fraction of sp³-hybridized carbons (Fsp3) is 0.316. The lowest BCUT2D eigenvalue weighted by atomic mass is 10.1. The highest BCUT2D eigenvalue weighted by Gasteiger charge is 2.30. The van der Waals surface area contributed by atoms with E-state index in [9.17, 15) is 0 Å². The number of oxazole rings is 1. The normalized spacial score (nSPS) is 16.8. The van der Waals surface area contributed by atoms with Crippen LogP contribution in [-0.2, 0) is 6.54 Å². The van der Waals surface area contributed by atoms with E-state index in [1.165, 1.54) is 5.56 Å². The number of benzene rings is 2.